The second-order valence-corrected chi connectivity index (χ2v) is 4.00. The molecule has 0 aromatic carbocycles. The first-order chi connectivity index (χ1) is 7.49. The molecule has 1 N–H and O–H groups in total. The summed E-state index contributed by atoms with van der Waals surface area (Å²) in [6, 6.07) is 0. The maximum atomic E-state index is 11.6. The van der Waals surface area contributed by atoms with E-state index in [1.807, 2.05) is 6.92 Å². The summed E-state index contributed by atoms with van der Waals surface area (Å²) in [6.45, 7) is 1.97. The maximum Gasteiger partial charge on any atom is 0.746 e. The maximum absolute atomic E-state index is 11.6. The van der Waals surface area contributed by atoms with Gasteiger partial charge in [0.1, 0.15) is 0 Å². The van der Waals surface area contributed by atoms with E-state index in [-0.39, 0.29) is 5.91 Å². The highest BCUT2D eigenvalue weighted by atomic mass is 31.1. The van der Waals surface area contributed by atoms with Gasteiger partial charge in [-0.25, -0.2) is 4.52 Å². The SMILES string of the molecule is CCC/C(=C/C=C/O[P+](=O)O)C(=O)N(C)C. The topological polar surface area (TPSA) is 66.8 Å². The first-order valence-electron chi connectivity index (χ1n) is 4.89. The molecule has 0 heterocycles. The van der Waals surface area contributed by atoms with Crippen LogP contribution in [0.4, 0.5) is 0 Å². The van der Waals surface area contributed by atoms with Gasteiger partial charge in [0.15, 0.2) is 6.26 Å². The van der Waals surface area contributed by atoms with Crippen molar-refractivity contribution in [3.63, 3.8) is 0 Å². The molecule has 16 heavy (non-hydrogen) atoms. The average Bonchev–Trinajstić information content (AvgIpc) is 2.21. The Kier molecular flexibility index (Phi) is 7.42. The fourth-order valence-electron chi connectivity index (χ4n) is 1.06. The lowest BCUT2D eigenvalue weighted by atomic mass is 10.1. The minimum absolute atomic E-state index is 0.0695. The van der Waals surface area contributed by atoms with E-state index >= 15 is 0 Å². The van der Waals surface area contributed by atoms with Crippen LogP contribution in [0.25, 0.3) is 0 Å². The number of likely N-dealkylation sites (N-methyl/N-ethyl adjacent to an activating group) is 1. The average molecular weight is 246 g/mol. The van der Waals surface area contributed by atoms with Crippen LogP contribution in [0.5, 0.6) is 0 Å². The molecule has 1 atom stereocenters. The lowest BCUT2D eigenvalue weighted by Gasteiger charge is -2.12. The van der Waals surface area contributed by atoms with Crippen molar-refractivity contribution in [3.05, 3.63) is 24.0 Å². The van der Waals surface area contributed by atoms with Crippen LogP contribution in [0.2, 0.25) is 0 Å². The normalized spacial score (nSPS) is 12.8. The number of amides is 1. The van der Waals surface area contributed by atoms with Gasteiger partial charge >= 0.3 is 8.25 Å². The van der Waals surface area contributed by atoms with Crippen LogP contribution in [-0.4, -0.2) is 29.8 Å². The largest absolute Gasteiger partial charge is 0.746 e. The summed E-state index contributed by atoms with van der Waals surface area (Å²) in [5.41, 5.74) is 0.639. The van der Waals surface area contributed by atoms with E-state index in [1.165, 1.54) is 11.0 Å². The number of allylic oxidation sites excluding steroid dienone is 2. The molecule has 0 aromatic heterocycles. The highest BCUT2D eigenvalue weighted by Gasteiger charge is 2.10. The molecule has 0 saturated carbocycles. The summed E-state index contributed by atoms with van der Waals surface area (Å²) < 4.78 is 14.5. The fourth-order valence-corrected chi connectivity index (χ4v) is 1.24. The zero-order valence-electron chi connectivity index (χ0n) is 9.71. The molecule has 0 radical (unpaired) electrons. The van der Waals surface area contributed by atoms with Gasteiger partial charge in [0.05, 0.1) is 0 Å². The molecule has 0 aliphatic carbocycles. The molecule has 0 spiro atoms. The highest BCUT2D eigenvalue weighted by Crippen LogP contribution is 2.14. The number of carbonyl (C=O) groups is 1. The lowest BCUT2D eigenvalue weighted by molar-refractivity contribution is -0.124. The summed E-state index contributed by atoms with van der Waals surface area (Å²) in [6.07, 6.45) is 5.64. The quantitative estimate of drug-likeness (QED) is 0.337. The van der Waals surface area contributed by atoms with Crippen molar-refractivity contribution in [3.8, 4) is 0 Å². The molecule has 0 aromatic rings. The number of hydrogen-bond donors (Lipinski definition) is 1. The molecule has 0 bridgehead atoms. The minimum atomic E-state index is -2.63. The number of carbonyl (C=O) groups excluding carboxylic acids is 1. The second-order valence-electron chi connectivity index (χ2n) is 3.31. The van der Waals surface area contributed by atoms with E-state index in [1.54, 1.807) is 20.2 Å². The van der Waals surface area contributed by atoms with Gasteiger partial charge in [-0.1, -0.05) is 19.4 Å². The molecule has 0 saturated heterocycles. The summed E-state index contributed by atoms with van der Waals surface area (Å²) >= 11 is 0. The number of nitrogens with zero attached hydrogens (tertiary/aromatic N) is 1. The third-order valence-electron chi connectivity index (χ3n) is 1.73. The Balaban J connectivity index is 4.52. The molecule has 0 aliphatic heterocycles. The van der Waals surface area contributed by atoms with Crippen LogP contribution < -0.4 is 0 Å². The van der Waals surface area contributed by atoms with Gasteiger partial charge in [-0.3, -0.25) is 4.79 Å². The minimum Gasteiger partial charge on any atom is -0.345 e. The van der Waals surface area contributed by atoms with E-state index in [2.05, 4.69) is 4.52 Å². The first kappa shape index (κ1) is 14.8. The molecule has 0 fully saturated rings. The van der Waals surface area contributed by atoms with Crippen molar-refractivity contribution in [2.45, 2.75) is 19.8 Å². The van der Waals surface area contributed by atoms with Gasteiger partial charge in [0.25, 0.3) is 0 Å². The van der Waals surface area contributed by atoms with Crippen molar-refractivity contribution in [1.82, 2.24) is 4.90 Å². The van der Waals surface area contributed by atoms with Gasteiger partial charge < -0.3 is 4.90 Å². The Morgan fingerprint density at radius 3 is 2.56 bits per heavy atom. The van der Waals surface area contributed by atoms with Crippen molar-refractivity contribution in [2.75, 3.05) is 14.1 Å². The van der Waals surface area contributed by atoms with Crippen LogP contribution in [-0.2, 0) is 13.9 Å². The molecule has 90 valence electrons. The summed E-state index contributed by atoms with van der Waals surface area (Å²) in [5.74, 6) is -0.0695. The Morgan fingerprint density at radius 1 is 1.50 bits per heavy atom. The zero-order valence-corrected chi connectivity index (χ0v) is 10.6. The number of hydrogen-bond acceptors (Lipinski definition) is 3. The molecule has 1 unspecified atom stereocenters. The van der Waals surface area contributed by atoms with E-state index in [0.717, 1.165) is 12.7 Å². The third kappa shape index (κ3) is 6.32. The van der Waals surface area contributed by atoms with Crippen LogP contribution >= 0.6 is 8.25 Å². The van der Waals surface area contributed by atoms with Gasteiger partial charge in [-0.15, -0.1) is 4.89 Å². The lowest BCUT2D eigenvalue weighted by Crippen LogP contribution is -2.23. The Labute approximate surface area is 96.4 Å². The van der Waals surface area contributed by atoms with Crippen molar-refractivity contribution in [1.29, 1.82) is 0 Å². The summed E-state index contributed by atoms with van der Waals surface area (Å²) in [4.78, 5) is 21.5. The van der Waals surface area contributed by atoms with Crippen LogP contribution in [0, 0.1) is 0 Å². The molecular formula is C10H17NO4P+. The molecular weight excluding hydrogens is 229 g/mol. The Morgan fingerprint density at radius 2 is 2.12 bits per heavy atom. The van der Waals surface area contributed by atoms with E-state index < -0.39 is 8.25 Å². The van der Waals surface area contributed by atoms with Crippen LogP contribution in [0.1, 0.15) is 19.8 Å². The van der Waals surface area contributed by atoms with Crippen molar-refractivity contribution in [2.24, 2.45) is 0 Å². The van der Waals surface area contributed by atoms with Crippen molar-refractivity contribution >= 4 is 14.2 Å². The summed E-state index contributed by atoms with van der Waals surface area (Å²) in [7, 11) is 0.726. The predicted octanol–water partition coefficient (Wildman–Crippen LogP) is 1.98. The van der Waals surface area contributed by atoms with Gasteiger partial charge in [-0.05, 0) is 12.5 Å². The summed E-state index contributed by atoms with van der Waals surface area (Å²) in [5, 5.41) is 0. The fraction of sp³-hybridized carbons (Fsp3) is 0.500. The third-order valence-corrected chi connectivity index (χ3v) is 2.03. The van der Waals surface area contributed by atoms with Gasteiger partial charge in [0, 0.05) is 24.2 Å². The first-order valence-corrected chi connectivity index (χ1v) is 6.02. The van der Waals surface area contributed by atoms with E-state index in [4.69, 9.17) is 4.89 Å². The second kappa shape index (κ2) is 8.02. The molecule has 6 heteroatoms. The van der Waals surface area contributed by atoms with Crippen molar-refractivity contribution < 1.29 is 18.8 Å². The van der Waals surface area contributed by atoms with E-state index in [0.29, 0.717) is 12.0 Å². The molecule has 5 nitrogen and oxygen atoms in total. The monoisotopic (exact) mass is 246 g/mol. The molecule has 0 rings (SSSR count). The highest BCUT2D eigenvalue weighted by molar-refractivity contribution is 7.32. The Hall–Kier alpha value is -1.19. The van der Waals surface area contributed by atoms with Gasteiger partial charge in [-0.2, -0.15) is 0 Å². The van der Waals surface area contributed by atoms with Gasteiger partial charge in [0.2, 0.25) is 5.91 Å². The standard InChI is InChI=1S/C10H16NO4P/c1-4-6-9(10(12)11(2)3)7-5-8-15-16(13)14/h5,7-8H,4,6H2,1-3H3/p+1/b8-5+,9-7-. The smallest absolute Gasteiger partial charge is 0.345 e. The molecule has 1 amide bonds. The zero-order chi connectivity index (χ0) is 12.6. The number of rotatable bonds is 6. The van der Waals surface area contributed by atoms with Crippen LogP contribution in [0.3, 0.4) is 0 Å². The predicted molar refractivity (Wildman–Crippen MR) is 61.7 cm³/mol. The Bertz CT molecular complexity index is 310. The van der Waals surface area contributed by atoms with E-state index in [9.17, 15) is 9.36 Å². The molecule has 0 aliphatic rings. The van der Waals surface area contributed by atoms with Crippen LogP contribution in [0.15, 0.2) is 24.0 Å².